The number of nitrogens with zero attached hydrogens (tertiary/aromatic N) is 1. The summed E-state index contributed by atoms with van der Waals surface area (Å²) >= 11 is 1.55. The Morgan fingerprint density at radius 2 is 2.06 bits per heavy atom. The quantitative estimate of drug-likeness (QED) is 0.795. The van der Waals surface area contributed by atoms with E-state index in [1.165, 1.54) is 32.1 Å². The third-order valence-corrected chi connectivity index (χ3v) is 4.56. The molecule has 0 aromatic heterocycles. The van der Waals surface area contributed by atoms with Crippen LogP contribution in [0.2, 0.25) is 0 Å². The van der Waals surface area contributed by atoms with E-state index in [0.717, 1.165) is 6.54 Å². The van der Waals surface area contributed by atoms with Crippen LogP contribution in [-0.2, 0) is 4.79 Å². The van der Waals surface area contributed by atoms with E-state index in [2.05, 4.69) is 6.92 Å². The normalized spacial score (nSPS) is 19.0. The molecule has 0 bridgehead atoms. The van der Waals surface area contributed by atoms with E-state index in [1.807, 2.05) is 11.8 Å². The molecule has 17 heavy (non-hydrogen) atoms. The van der Waals surface area contributed by atoms with Gasteiger partial charge in [0.2, 0.25) is 5.91 Å². The van der Waals surface area contributed by atoms with Crippen molar-refractivity contribution in [2.24, 2.45) is 0 Å². The summed E-state index contributed by atoms with van der Waals surface area (Å²) in [5, 5.41) is 9.10. The van der Waals surface area contributed by atoms with Gasteiger partial charge in [-0.15, -0.1) is 11.8 Å². The number of carbonyl (C=O) groups excluding carboxylic acids is 1. The van der Waals surface area contributed by atoms with Crippen molar-refractivity contribution in [1.82, 2.24) is 4.90 Å². The Morgan fingerprint density at radius 1 is 1.41 bits per heavy atom. The average molecular weight is 259 g/mol. The third kappa shape index (κ3) is 4.88. The van der Waals surface area contributed by atoms with Gasteiger partial charge < -0.3 is 10.0 Å². The van der Waals surface area contributed by atoms with E-state index in [4.69, 9.17) is 5.11 Å². The van der Waals surface area contributed by atoms with Crippen LogP contribution in [-0.4, -0.2) is 46.1 Å². The Hall–Kier alpha value is -0.220. The van der Waals surface area contributed by atoms with Crippen LogP contribution in [0.25, 0.3) is 0 Å². The van der Waals surface area contributed by atoms with Crippen LogP contribution in [0.4, 0.5) is 0 Å². The molecule has 0 radical (unpaired) electrons. The zero-order valence-corrected chi connectivity index (χ0v) is 11.8. The van der Waals surface area contributed by atoms with Crippen LogP contribution in [0.5, 0.6) is 0 Å². The Labute approximate surface area is 109 Å². The molecule has 1 atom stereocenters. The van der Waals surface area contributed by atoms with Crippen molar-refractivity contribution >= 4 is 17.7 Å². The van der Waals surface area contributed by atoms with Gasteiger partial charge in [0.15, 0.2) is 0 Å². The number of rotatable bonds is 6. The average Bonchev–Trinajstić information content (AvgIpc) is 2.38. The van der Waals surface area contributed by atoms with Gasteiger partial charge in [-0.2, -0.15) is 0 Å². The van der Waals surface area contributed by atoms with Gasteiger partial charge in [-0.25, -0.2) is 0 Å². The van der Waals surface area contributed by atoms with Crippen LogP contribution in [0.3, 0.4) is 0 Å². The Morgan fingerprint density at radius 3 is 2.59 bits per heavy atom. The maximum atomic E-state index is 12.1. The van der Waals surface area contributed by atoms with Crippen LogP contribution < -0.4 is 0 Å². The van der Waals surface area contributed by atoms with Crippen molar-refractivity contribution in [3.8, 4) is 0 Å². The zero-order valence-electron chi connectivity index (χ0n) is 11.0. The Balaban J connectivity index is 2.39. The van der Waals surface area contributed by atoms with Gasteiger partial charge in [0.25, 0.3) is 0 Å². The molecule has 0 aromatic rings. The molecule has 0 aromatic carbocycles. The van der Waals surface area contributed by atoms with Gasteiger partial charge in [0.1, 0.15) is 0 Å². The molecule has 0 spiro atoms. The molecule has 1 saturated carbocycles. The molecule has 3 nitrogen and oxygen atoms in total. The van der Waals surface area contributed by atoms with Gasteiger partial charge >= 0.3 is 0 Å². The summed E-state index contributed by atoms with van der Waals surface area (Å²) in [6.07, 6.45) is 6.17. The standard InChI is InChI=1S/C13H25NO2S/c1-3-14(12-7-5-4-6-8-12)13(16)10-17-11(2)9-15/h11-12,15H,3-10H2,1-2H3. The van der Waals surface area contributed by atoms with Crippen molar-refractivity contribution in [3.63, 3.8) is 0 Å². The highest BCUT2D eigenvalue weighted by Gasteiger charge is 2.24. The minimum atomic E-state index is 0.146. The molecule has 1 fully saturated rings. The van der Waals surface area contributed by atoms with Gasteiger partial charge in [0.05, 0.1) is 12.4 Å². The van der Waals surface area contributed by atoms with Crippen molar-refractivity contribution in [2.75, 3.05) is 18.9 Å². The zero-order chi connectivity index (χ0) is 12.7. The van der Waals surface area contributed by atoms with Crippen LogP contribution in [0.15, 0.2) is 0 Å². The van der Waals surface area contributed by atoms with Crippen LogP contribution >= 0.6 is 11.8 Å². The summed E-state index contributed by atoms with van der Waals surface area (Å²) in [7, 11) is 0. The van der Waals surface area contributed by atoms with Gasteiger partial charge in [-0.1, -0.05) is 26.2 Å². The lowest BCUT2D eigenvalue weighted by Crippen LogP contribution is -2.42. The van der Waals surface area contributed by atoms with E-state index in [9.17, 15) is 4.79 Å². The lowest BCUT2D eigenvalue weighted by molar-refractivity contribution is -0.131. The molecule has 4 heteroatoms. The van der Waals surface area contributed by atoms with Gasteiger partial charge in [-0.3, -0.25) is 4.79 Å². The summed E-state index contributed by atoms with van der Waals surface area (Å²) in [4.78, 5) is 14.2. The minimum Gasteiger partial charge on any atom is -0.395 e. The van der Waals surface area contributed by atoms with Crippen molar-refractivity contribution < 1.29 is 9.90 Å². The highest BCUT2D eigenvalue weighted by molar-refractivity contribution is 8.00. The van der Waals surface area contributed by atoms with E-state index < -0.39 is 0 Å². The van der Waals surface area contributed by atoms with E-state index >= 15 is 0 Å². The second-order valence-electron chi connectivity index (χ2n) is 4.78. The number of hydrogen-bond donors (Lipinski definition) is 1. The maximum Gasteiger partial charge on any atom is 0.232 e. The lowest BCUT2D eigenvalue weighted by atomic mass is 9.94. The highest BCUT2D eigenvalue weighted by atomic mass is 32.2. The number of aliphatic hydroxyl groups excluding tert-OH is 1. The first-order valence-electron chi connectivity index (χ1n) is 6.71. The number of aliphatic hydroxyl groups is 1. The van der Waals surface area contributed by atoms with E-state index in [1.54, 1.807) is 11.8 Å². The minimum absolute atomic E-state index is 0.146. The number of amides is 1. The van der Waals surface area contributed by atoms with Crippen molar-refractivity contribution in [3.05, 3.63) is 0 Å². The van der Waals surface area contributed by atoms with Gasteiger partial charge in [0, 0.05) is 17.8 Å². The molecule has 1 rings (SSSR count). The van der Waals surface area contributed by atoms with Crippen LogP contribution in [0, 0.1) is 0 Å². The second kappa shape index (κ2) is 7.98. The fourth-order valence-corrected chi connectivity index (χ4v) is 3.08. The monoisotopic (exact) mass is 259 g/mol. The molecule has 0 saturated heterocycles. The lowest BCUT2D eigenvalue weighted by Gasteiger charge is -2.33. The molecule has 100 valence electrons. The first-order valence-corrected chi connectivity index (χ1v) is 7.75. The number of hydrogen-bond acceptors (Lipinski definition) is 3. The smallest absolute Gasteiger partial charge is 0.232 e. The largest absolute Gasteiger partial charge is 0.395 e. The Kier molecular flexibility index (Phi) is 6.97. The predicted octanol–water partition coefficient (Wildman–Crippen LogP) is 2.28. The van der Waals surface area contributed by atoms with E-state index in [-0.39, 0.29) is 17.8 Å². The molecule has 1 N–H and O–H groups in total. The summed E-state index contributed by atoms with van der Waals surface area (Å²) in [5.74, 6) is 0.746. The Bertz CT molecular complexity index is 229. The first-order chi connectivity index (χ1) is 8.19. The molecular formula is C13H25NO2S. The molecule has 1 amide bonds. The molecule has 1 aliphatic rings. The molecule has 1 unspecified atom stereocenters. The van der Waals surface area contributed by atoms with Gasteiger partial charge in [-0.05, 0) is 19.8 Å². The van der Waals surface area contributed by atoms with E-state index in [0.29, 0.717) is 11.8 Å². The summed E-state index contributed by atoms with van der Waals surface area (Å²) in [6.45, 7) is 4.98. The fourth-order valence-electron chi connectivity index (χ4n) is 2.38. The summed E-state index contributed by atoms with van der Waals surface area (Å²) < 4.78 is 0. The third-order valence-electron chi connectivity index (χ3n) is 3.42. The highest BCUT2D eigenvalue weighted by Crippen LogP contribution is 2.23. The topological polar surface area (TPSA) is 40.5 Å². The predicted molar refractivity (Wildman–Crippen MR) is 73.3 cm³/mol. The first kappa shape index (κ1) is 14.8. The van der Waals surface area contributed by atoms with Crippen LogP contribution in [0.1, 0.15) is 46.0 Å². The number of carbonyl (C=O) groups is 1. The molecular weight excluding hydrogens is 234 g/mol. The SMILES string of the molecule is CCN(C(=O)CSC(C)CO)C1CCCCC1. The maximum absolute atomic E-state index is 12.1. The summed E-state index contributed by atoms with van der Waals surface area (Å²) in [6, 6.07) is 0.464. The fraction of sp³-hybridized carbons (Fsp3) is 0.923. The number of thioether (sulfide) groups is 1. The molecule has 0 aliphatic heterocycles. The summed E-state index contributed by atoms with van der Waals surface area (Å²) in [5.41, 5.74) is 0. The molecule has 1 aliphatic carbocycles. The molecule has 0 heterocycles. The second-order valence-corrected chi connectivity index (χ2v) is 6.20. The van der Waals surface area contributed by atoms with Crippen molar-refractivity contribution in [2.45, 2.75) is 57.2 Å². The van der Waals surface area contributed by atoms with Crippen molar-refractivity contribution in [1.29, 1.82) is 0 Å².